The second kappa shape index (κ2) is 5.75. The molecule has 5 heteroatoms. The molecule has 2 N–H and O–H groups in total. The minimum Gasteiger partial charge on any atom is -0.381 e. The van der Waals surface area contributed by atoms with Crippen LogP contribution in [0.2, 0.25) is 0 Å². The number of aromatic nitrogens is 3. The Labute approximate surface area is 123 Å². The summed E-state index contributed by atoms with van der Waals surface area (Å²) in [5.41, 5.74) is 8.75. The molecule has 21 heavy (non-hydrogen) atoms. The fourth-order valence-corrected chi connectivity index (χ4v) is 2.22. The van der Waals surface area contributed by atoms with Gasteiger partial charge in [0.25, 0.3) is 0 Å². The second-order valence-corrected chi connectivity index (χ2v) is 4.91. The monoisotopic (exact) mass is 279 g/mol. The molecule has 1 aromatic carbocycles. The molecule has 0 amide bonds. The number of nitrogen functional groups attached to an aromatic ring is 1. The number of para-hydroxylation sites is 2. The smallest absolute Gasteiger partial charge is 0.171 e. The minimum absolute atomic E-state index is 0.456. The summed E-state index contributed by atoms with van der Waals surface area (Å²) in [5.74, 6) is 1.17. The number of nitrogens with zero attached hydrogens (tertiary/aromatic N) is 4. The zero-order chi connectivity index (χ0) is 14.7. The average molecular weight is 279 g/mol. The predicted octanol–water partition coefficient (Wildman–Crippen LogP) is 2.29. The van der Waals surface area contributed by atoms with E-state index in [2.05, 4.69) is 15.0 Å². The summed E-state index contributed by atoms with van der Waals surface area (Å²) in [5, 5.41) is 0. The molecule has 0 spiro atoms. The summed E-state index contributed by atoms with van der Waals surface area (Å²) >= 11 is 0. The SMILES string of the molecule is CN(CCc1ccccn1)c1nc2ccccc2nc1N. The molecule has 0 aliphatic carbocycles. The normalized spacial score (nSPS) is 10.7. The largest absolute Gasteiger partial charge is 0.381 e. The van der Waals surface area contributed by atoms with E-state index in [1.165, 1.54) is 0 Å². The van der Waals surface area contributed by atoms with Crippen LogP contribution in [-0.4, -0.2) is 28.5 Å². The van der Waals surface area contributed by atoms with Gasteiger partial charge in [0.1, 0.15) is 0 Å². The van der Waals surface area contributed by atoms with Crippen LogP contribution in [0.4, 0.5) is 11.6 Å². The quantitative estimate of drug-likeness (QED) is 0.793. The minimum atomic E-state index is 0.456. The van der Waals surface area contributed by atoms with Gasteiger partial charge in [0, 0.05) is 31.9 Å². The van der Waals surface area contributed by atoms with E-state index in [1.807, 2.05) is 54.4 Å². The fourth-order valence-electron chi connectivity index (χ4n) is 2.22. The van der Waals surface area contributed by atoms with Gasteiger partial charge in [-0.15, -0.1) is 0 Å². The van der Waals surface area contributed by atoms with E-state index in [9.17, 15) is 0 Å². The van der Waals surface area contributed by atoms with E-state index in [0.29, 0.717) is 11.6 Å². The Morgan fingerprint density at radius 3 is 2.43 bits per heavy atom. The van der Waals surface area contributed by atoms with Crippen molar-refractivity contribution in [2.45, 2.75) is 6.42 Å². The Bertz CT molecular complexity index is 742. The molecule has 5 nitrogen and oxygen atoms in total. The van der Waals surface area contributed by atoms with Crippen LogP contribution in [0, 0.1) is 0 Å². The predicted molar refractivity (Wildman–Crippen MR) is 85.2 cm³/mol. The standard InChI is InChI=1S/C16H17N5/c1-21(11-9-12-6-4-5-10-18-12)16-15(17)19-13-7-2-3-8-14(13)20-16/h2-8,10H,9,11H2,1H3,(H2,17,19). The summed E-state index contributed by atoms with van der Waals surface area (Å²) in [4.78, 5) is 15.4. The molecule has 0 unspecified atom stereocenters. The van der Waals surface area contributed by atoms with Crippen molar-refractivity contribution in [3.63, 3.8) is 0 Å². The Morgan fingerprint density at radius 2 is 1.71 bits per heavy atom. The first-order valence-electron chi connectivity index (χ1n) is 6.87. The summed E-state index contributed by atoms with van der Waals surface area (Å²) in [7, 11) is 1.97. The lowest BCUT2D eigenvalue weighted by atomic mass is 10.2. The maximum absolute atomic E-state index is 6.03. The van der Waals surface area contributed by atoms with E-state index in [1.54, 1.807) is 6.20 Å². The second-order valence-electron chi connectivity index (χ2n) is 4.91. The van der Waals surface area contributed by atoms with Crippen molar-refractivity contribution in [1.82, 2.24) is 15.0 Å². The van der Waals surface area contributed by atoms with Crippen LogP contribution < -0.4 is 10.6 Å². The van der Waals surface area contributed by atoms with Crippen molar-refractivity contribution >= 4 is 22.7 Å². The molecule has 2 aromatic heterocycles. The molecule has 0 fully saturated rings. The topological polar surface area (TPSA) is 67.9 Å². The number of anilines is 2. The molecular formula is C16H17N5. The fraction of sp³-hybridized carbons (Fsp3) is 0.188. The number of fused-ring (bicyclic) bond motifs is 1. The molecular weight excluding hydrogens is 262 g/mol. The number of likely N-dealkylation sites (N-methyl/N-ethyl adjacent to an activating group) is 1. The Morgan fingerprint density at radius 1 is 1.00 bits per heavy atom. The number of rotatable bonds is 4. The van der Waals surface area contributed by atoms with Crippen molar-refractivity contribution in [3.05, 3.63) is 54.4 Å². The van der Waals surface area contributed by atoms with E-state index >= 15 is 0 Å². The number of nitrogens with two attached hydrogens (primary N) is 1. The highest BCUT2D eigenvalue weighted by atomic mass is 15.2. The van der Waals surface area contributed by atoms with Crippen molar-refractivity contribution in [3.8, 4) is 0 Å². The lowest BCUT2D eigenvalue weighted by Gasteiger charge is -2.19. The third-order valence-electron chi connectivity index (χ3n) is 3.37. The van der Waals surface area contributed by atoms with Crippen LogP contribution >= 0.6 is 0 Å². The van der Waals surface area contributed by atoms with E-state index in [0.717, 1.165) is 29.7 Å². The summed E-state index contributed by atoms with van der Waals surface area (Å²) < 4.78 is 0. The Balaban J connectivity index is 1.80. The van der Waals surface area contributed by atoms with Gasteiger partial charge in [-0.3, -0.25) is 4.98 Å². The van der Waals surface area contributed by atoms with Crippen LogP contribution in [0.15, 0.2) is 48.7 Å². The van der Waals surface area contributed by atoms with Crippen LogP contribution in [-0.2, 0) is 6.42 Å². The van der Waals surface area contributed by atoms with Gasteiger partial charge in [-0.2, -0.15) is 0 Å². The lowest BCUT2D eigenvalue weighted by molar-refractivity contribution is 0.840. The van der Waals surface area contributed by atoms with E-state index < -0.39 is 0 Å². The molecule has 3 rings (SSSR count). The van der Waals surface area contributed by atoms with E-state index in [4.69, 9.17) is 5.73 Å². The molecule has 0 aliphatic rings. The van der Waals surface area contributed by atoms with Gasteiger partial charge in [0.05, 0.1) is 11.0 Å². The molecule has 3 aromatic rings. The first-order valence-corrected chi connectivity index (χ1v) is 6.87. The molecule has 2 heterocycles. The van der Waals surface area contributed by atoms with Crippen molar-refractivity contribution in [1.29, 1.82) is 0 Å². The Hall–Kier alpha value is -2.69. The zero-order valence-electron chi connectivity index (χ0n) is 11.9. The van der Waals surface area contributed by atoms with Crippen LogP contribution in [0.5, 0.6) is 0 Å². The molecule has 0 radical (unpaired) electrons. The van der Waals surface area contributed by atoms with Crippen molar-refractivity contribution in [2.24, 2.45) is 0 Å². The lowest BCUT2D eigenvalue weighted by Crippen LogP contribution is -2.23. The molecule has 0 saturated carbocycles. The highest BCUT2D eigenvalue weighted by Gasteiger charge is 2.10. The van der Waals surface area contributed by atoms with E-state index in [-0.39, 0.29) is 0 Å². The molecule has 0 bridgehead atoms. The summed E-state index contributed by atoms with van der Waals surface area (Å²) in [6, 6.07) is 13.7. The van der Waals surface area contributed by atoms with Gasteiger partial charge in [-0.25, -0.2) is 9.97 Å². The van der Waals surface area contributed by atoms with Gasteiger partial charge < -0.3 is 10.6 Å². The van der Waals surface area contributed by atoms with Gasteiger partial charge in [0.15, 0.2) is 11.6 Å². The average Bonchev–Trinajstić information content (AvgIpc) is 2.53. The van der Waals surface area contributed by atoms with Gasteiger partial charge in [0.2, 0.25) is 0 Å². The molecule has 0 atom stereocenters. The highest BCUT2D eigenvalue weighted by Crippen LogP contribution is 2.21. The first kappa shape index (κ1) is 13.3. The van der Waals surface area contributed by atoms with Crippen molar-refractivity contribution < 1.29 is 0 Å². The first-order chi connectivity index (χ1) is 10.2. The van der Waals surface area contributed by atoms with Gasteiger partial charge >= 0.3 is 0 Å². The number of hydrogen-bond donors (Lipinski definition) is 1. The maximum atomic E-state index is 6.03. The highest BCUT2D eigenvalue weighted by molar-refractivity contribution is 5.79. The summed E-state index contributed by atoms with van der Waals surface area (Å²) in [6.45, 7) is 0.786. The molecule has 0 aliphatic heterocycles. The zero-order valence-corrected chi connectivity index (χ0v) is 11.9. The third kappa shape index (κ3) is 2.91. The number of hydrogen-bond acceptors (Lipinski definition) is 5. The van der Waals surface area contributed by atoms with Crippen molar-refractivity contribution in [2.75, 3.05) is 24.2 Å². The maximum Gasteiger partial charge on any atom is 0.171 e. The van der Waals surface area contributed by atoms with Crippen LogP contribution in [0.25, 0.3) is 11.0 Å². The Kier molecular flexibility index (Phi) is 3.64. The number of pyridine rings is 1. The molecule has 0 saturated heterocycles. The van der Waals surface area contributed by atoms with Crippen LogP contribution in [0.3, 0.4) is 0 Å². The summed E-state index contributed by atoms with van der Waals surface area (Å²) in [6.07, 6.45) is 2.64. The van der Waals surface area contributed by atoms with Gasteiger partial charge in [-0.05, 0) is 24.3 Å². The number of benzene rings is 1. The molecule has 106 valence electrons. The third-order valence-corrected chi connectivity index (χ3v) is 3.37. The van der Waals surface area contributed by atoms with Gasteiger partial charge in [-0.1, -0.05) is 18.2 Å². The van der Waals surface area contributed by atoms with Crippen LogP contribution in [0.1, 0.15) is 5.69 Å².